The van der Waals surface area contributed by atoms with E-state index >= 15 is 0 Å². The van der Waals surface area contributed by atoms with E-state index in [1.807, 2.05) is 35.8 Å². The molecule has 0 spiro atoms. The number of aliphatic carboxylic acids is 1. The fraction of sp³-hybridized carbons (Fsp3) is 0.357. The van der Waals surface area contributed by atoms with Gasteiger partial charge in [-0.15, -0.1) is 0 Å². The van der Waals surface area contributed by atoms with Gasteiger partial charge in [0.15, 0.2) is 0 Å². The van der Waals surface area contributed by atoms with Gasteiger partial charge in [-0.05, 0) is 61.6 Å². The summed E-state index contributed by atoms with van der Waals surface area (Å²) in [5, 5.41) is 19.0. The number of carbonyl (C=O) groups is 1. The number of fused-ring (bicyclic) bond motifs is 1. The number of phenols is 1. The van der Waals surface area contributed by atoms with E-state index in [2.05, 4.69) is 23.0 Å². The van der Waals surface area contributed by atoms with E-state index in [1.165, 1.54) is 5.56 Å². The largest absolute Gasteiger partial charge is 0.508 e. The number of nitrogens with zero attached hydrogens (tertiary/aromatic N) is 4. The lowest BCUT2D eigenvalue weighted by Gasteiger charge is -2.19. The third-order valence-electron chi connectivity index (χ3n) is 6.48. The Morgan fingerprint density at radius 1 is 1.09 bits per heavy atom. The van der Waals surface area contributed by atoms with Crippen molar-refractivity contribution in [2.45, 2.75) is 64.2 Å². The maximum Gasteiger partial charge on any atom is 0.304 e. The predicted molar refractivity (Wildman–Crippen MR) is 136 cm³/mol. The van der Waals surface area contributed by atoms with Gasteiger partial charge in [-0.3, -0.25) is 19.3 Å². The van der Waals surface area contributed by atoms with Crippen LogP contribution in [0.25, 0.3) is 16.7 Å². The van der Waals surface area contributed by atoms with E-state index in [9.17, 15) is 15.0 Å². The van der Waals surface area contributed by atoms with E-state index in [0.717, 1.165) is 60.2 Å². The summed E-state index contributed by atoms with van der Waals surface area (Å²) in [7, 11) is 0. The molecule has 0 aliphatic carbocycles. The van der Waals surface area contributed by atoms with E-state index in [4.69, 9.17) is 4.98 Å². The van der Waals surface area contributed by atoms with Crippen LogP contribution in [-0.4, -0.2) is 35.7 Å². The number of benzene rings is 1. The Labute approximate surface area is 205 Å². The lowest BCUT2D eigenvalue weighted by atomic mass is 9.91. The predicted octanol–water partition coefficient (Wildman–Crippen LogP) is 6.01. The smallest absolute Gasteiger partial charge is 0.304 e. The first-order valence-corrected chi connectivity index (χ1v) is 12.2. The third kappa shape index (κ3) is 5.85. The highest BCUT2D eigenvalue weighted by molar-refractivity contribution is 5.81. The minimum atomic E-state index is -0.842. The van der Waals surface area contributed by atoms with Gasteiger partial charge in [0, 0.05) is 29.9 Å². The van der Waals surface area contributed by atoms with Crippen LogP contribution >= 0.6 is 0 Å². The molecule has 0 amide bonds. The molecule has 4 rings (SSSR count). The average molecular weight is 473 g/mol. The Kier molecular flexibility index (Phi) is 7.75. The lowest BCUT2D eigenvalue weighted by molar-refractivity contribution is -0.137. The number of pyridine rings is 2. The Balaban J connectivity index is 1.70. The molecule has 0 bridgehead atoms. The molecule has 1 aromatic carbocycles. The van der Waals surface area contributed by atoms with Gasteiger partial charge >= 0.3 is 5.97 Å². The van der Waals surface area contributed by atoms with Crippen LogP contribution in [-0.2, 0) is 11.2 Å². The SMILES string of the molecule is CCCC(CCCc1ccc(O)cc1)c1cc2c(ncn2-c2ccncc2)c(C(C)CC(=O)O)n1. The van der Waals surface area contributed by atoms with Crippen molar-refractivity contribution in [2.24, 2.45) is 0 Å². The van der Waals surface area contributed by atoms with Crippen molar-refractivity contribution < 1.29 is 15.0 Å². The Morgan fingerprint density at radius 2 is 1.83 bits per heavy atom. The summed E-state index contributed by atoms with van der Waals surface area (Å²) in [5.41, 5.74) is 5.58. The quantitative estimate of drug-likeness (QED) is 0.277. The van der Waals surface area contributed by atoms with Crippen LogP contribution in [0.15, 0.2) is 61.2 Å². The number of rotatable bonds is 11. The summed E-state index contributed by atoms with van der Waals surface area (Å²) in [6.07, 6.45) is 10.2. The van der Waals surface area contributed by atoms with Gasteiger partial charge in [-0.2, -0.15) is 0 Å². The summed E-state index contributed by atoms with van der Waals surface area (Å²) in [5.74, 6) is -0.553. The number of carboxylic acid groups (broad SMARTS) is 1. The molecule has 2 unspecified atom stereocenters. The molecule has 3 aromatic heterocycles. The highest BCUT2D eigenvalue weighted by Crippen LogP contribution is 2.33. The maximum atomic E-state index is 11.5. The van der Waals surface area contributed by atoms with Crippen LogP contribution in [0.3, 0.4) is 0 Å². The zero-order chi connectivity index (χ0) is 24.8. The Bertz CT molecular complexity index is 1270. The fourth-order valence-corrected chi connectivity index (χ4v) is 4.68. The second kappa shape index (κ2) is 11.1. The van der Waals surface area contributed by atoms with Crippen molar-refractivity contribution in [1.82, 2.24) is 19.5 Å². The number of imidazole rings is 1. The maximum absolute atomic E-state index is 11.5. The second-order valence-electron chi connectivity index (χ2n) is 9.16. The van der Waals surface area contributed by atoms with Gasteiger partial charge in [0.2, 0.25) is 0 Å². The zero-order valence-electron chi connectivity index (χ0n) is 20.3. The molecule has 2 atom stereocenters. The van der Waals surface area contributed by atoms with Crippen LogP contribution in [0.1, 0.15) is 74.7 Å². The molecule has 0 aliphatic heterocycles. The van der Waals surface area contributed by atoms with Gasteiger partial charge in [0.05, 0.1) is 23.3 Å². The van der Waals surface area contributed by atoms with Crippen molar-refractivity contribution in [3.63, 3.8) is 0 Å². The highest BCUT2D eigenvalue weighted by Gasteiger charge is 2.22. The second-order valence-corrected chi connectivity index (χ2v) is 9.16. The average Bonchev–Trinajstić information content (AvgIpc) is 3.28. The summed E-state index contributed by atoms with van der Waals surface area (Å²) in [6, 6.07) is 13.4. The van der Waals surface area contributed by atoms with Crippen LogP contribution in [0.4, 0.5) is 0 Å². The third-order valence-corrected chi connectivity index (χ3v) is 6.48. The first kappa shape index (κ1) is 24.4. The summed E-state index contributed by atoms with van der Waals surface area (Å²) in [6.45, 7) is 4.09. The molecule has 4 aromatic rings. The fourth-order valence-electron chi connectivity index (χ4n) is 4.68. The molecular weight excluding hydrogens is 440 g/mol. The molecule has 0 aliphatic rings. The van der Waals surface area contributed by atoms with Crippen LogP contribution in [0.2, 0.25) is 0 Å². The topological polar surface area (TPSA) is 101 Å². The molecule has 7 heteroatoms. The minimum absolute atomic E-state index is 0.00691. The van der Waals surface area contributed by atoms with Gasteiger partial charge in [-0.25, -0.2) is 4.98 Å². The number of aromatic hydroxyl groups is 1. The first-order valence-electron chi connectivity index (χ1n) is 12.2. The molecule has 0 radical (unpaired) electrons. The molecular formula is C28H32N4O3. The van der Waals surface area contributed by atoms with Crippen LogP contribution in [0.5, 0.6) is 5.75 Å². The molecule has 0 saturated carbocycles. The van der Waals surface area contributed by atoms with Crippen molar-refractivity contribution >= 4 is 17.0 Å². The molecule has 7 nitrogen and oxygen atoms in total. The molecule has 0 fully saturated rings. The van der Waals surface area contributed by atoms with Gasteiger partial charge in [0.25, 0.3) is 0 Å². The molecule has 182 valence electrons. The molecule has 35 heavy (non-hydrogen) atoms. The summed E-state index contributed by atoms with van der Waals surface area (Å²) in [4.78, 5) is 25.3. The number of hydrogen-bond donors (Lipinski definition) is 2. The number of hydrogen-bond acceptors (Lipinski definition) is 5. The van der Waals surface area contributed by atoms with Crippen molar-refractivity contribution in [3.8, 4) is 11.4 Å². The summed E-state index contributed by atoms with van der Waals surface area (Å²) < 4.78 is 2.03. The number of phenolic OH excluding ortho intramolecular Hbond substituents is 1. The first-order chi connectivity index (χ1) is 17.0. The summed E-state index contributed by atoms with van der Waals surface area (Å²) >= 11 is 0. The number of carboxylic acids is 1. The van der Waals surface area contributed by atoms with Gasteiger partial charge < -0.3 is 10.2 Å². The van der Waals surface area contributed by atoms with E-state index in [-0.39, 0.29) is 24.0 Å². The molecule has 3 heterocycles. The van der Waals surface area contributed by atoms with Crippen molar-refractivity contribution in [3.05, 3.63) is 78.1 Å². The van der Waals surface area contributed by atoms with Crippen molar-refractivity contribution in [1.29, 1.82) is 0 Å². The van der Waals surface area contributed by atoms with Crippen molar-refractivity contribution in [2.75, 3.05) is 0 Å². The van der Waals surface area contributed by atoms with Crippen LogP contribution < -0.4 is 0 Å². The standard InChI is InChI=1S/C28H32N4O3/c1-3-5-21(7-4-6-20-8-10-23(33)11-9-20)24-17-25-28(27(31-24)19(2)16-26(34)35)30-18-32(25)22-12-14-29-15-13-22/h8-15,17-19,21,33H,3-7,16H2,1-2H3,(H,34,35). The van der Waals surface area contributed by atoms with E-state index in [0.29, 0.717) is 0 Å². The van der Waals surface area contributed by atoms with Crippen LogP contribution in [0, 0.1) is 0 Å². The molecule has 2 N–H and O–H groups in total. The monoisotopic (exact) mass is 472 g/mol. The number of aryl methyl sites for hydroxylation is 1. The lowest BCUT2D eigenvalue weighted by Crippen LogP contribution is -2.10. The van der Waals surface area contributed by atoms with E-state index in [1.54, 1.807) is 30.9 Å². The minimum Gasteiger partial charge on any atom is -0.508 e. The van der Waals surface area contributed by atoms with E-state index < -0.39 is 5.97 Å². The number of aromatic nitrogens is 4. The highest BCUT2D eigenvalue weighted by atomic mass is 16.4. The van der Waals surface area contributed by atoms with Gasteiger partial charge in [0.1, 0.15) is 17.6 Å². The Morgan fingerprint density at radius 3 is 2.51 bits per heavy atom. The molecule has 0 saturated heterocycles. The Hall–Kier alpha value is -3.74. The zero-order valence-corrected chi connectivity index (χ0v) is 20.3. The normalized spacial score (nSPS) is 13.1. The van der Waals surface area contributed by atoms with Gasteiger partial charge in [-0.1, -0.05) is 32.4 Å².